The molecule has 5 aromatic heterocycles. The molecule has 20 nitrogen and oxygen atoms in total. The van der Waals surface area contributed by atoms with E-state index >= 15 is 0 Å². The van der Waals surface area contributed by atoms with Crippen molar-refractivity contribution in [3.63, 3.8) is 0 Å². The van der Waals surface area contributed by atoms with Crippen LogP contribution in [0, 0.1) is 24.3 Å². The van der Waals surface area contributed by atoms with Crippen LogP contribution in [0.15, 0.2) is 389 Å². The Morgan fingerprint density at radius 2 is 0.579 bits per heavy atom. The quantitative estimate of drug-likeness (QED) is 0.0305. The third-order valence-electron chi connectivity index (χ3n) is 19.2. The summed E-state index contributed by atoms with van der Waals surface area (Å²) in [5.41, 5.74) is 22.7. The molecule has 5 unspecified atom stereocenters. The van der Waals surface area contributed by atoms with Crippen LogP contribution in [0.4, 0.5) is 0 Å². The first-order chi connectivity index (χ1) is 63.1. The normalized spacial score (nSPS) is 12.0. The summed E-state index contributed by atoms with van der Waals surface area (Å²) in [5, 5.41) is 55.0. The minimum absolute atomic E-state index is 0. The van der Waals surface area contributed by atoms with Gasteiger partial charge in [0.2, 0.25) is 0 Å². The number of methoxy groups -OCH3 is 2. The van der Waals surface area contributed by atoms with E-state index in [1.165, 1.54) is 26.5 Å². The molecule has 0 saturated carbocycles. The van der Waals surface area contributed by atoms with Crippen molar-refractivity contribution in [2.75, 3.05) is 20.8 Å². The molecule has 17 aromatic rings. The first-order valence-corrected chi connectivity index (χ1v) is 41.7. The van der Waals surface area contributed by atoms with Crippen LogP contribution in [0.5, 0.6) is 0 Å². The molecule has 133 heavy (non-hydrogen) atoms. The van der Waals surface area contributed by atoms with Gasteiger partial charge in [0.1, 0.15) is 5.69 Å². The van der Waals surface area contributed by atoms with Crippen LogP contribution in [-0.4, -0.2) is 139 Å². The number of pyridine rings is 1. The Labute approximate surface area is 830 Å². The van der Waals surface area contributed by atoms with Gasteiger partial charge in [-0.3, -0.25) is 24.7 Å². The monoisotopic (exact) mass is 2480 g/mol. The molecular formula is C109H97Ir4N10O10-5. The van der Waals surface area contributed by atoms with Crippen LogP contribution in [0.3, 0.4) is 0 Å². The SMILES string of the molecule is CC(O)CC(C)O.COC(O)CC(O)OC.O=C(O)C1CCC[N-]1.O=C(O)c1ccccn1.[Ir].[Ir].[Ir].[Ir].[c-]1ccccc1-c1ncc(-c2ccccc2)nc1-c1ccccc1.[c-]1ccccc1-c1ncc(-c2ccccc2)nc1-c1ccccc1.[c-]1ccccc1-c1ncc(-c2ccccc2)nc1-c1ccccc1.[c-]1ccccc1-c1ncc(-c2ccccc2)nc1-c1ccccc1. The Balaban J connectivity index is 0.000000215. The van der Waals surface area contributed by atoms with Crippen LogP contribution in [-0.2, 0) is 94.7 Å². The third kappa shape index (κ3) is 34.5. The summed E-state index contributed by atoms with van der Waals surface area (Å²) in [5.74, 6) is -1.77. The van der Waals surface area contributed by atoms with Crippen molar-refractivity contribution in [3.8, 4) is 135 Å². The van der Waals surface area contributed by atoms with Crippen molar-refractivity contribution in [1.29, 1.82) is 0 Å². The molecule has 0 amide bonds. The number of carboxylic acids is 2. The van der Waals surface area contributed by atoms with Gasteiger partial charge in [-0.05, 0) is 60.7 Å². The maximum atomic E-state index is 10.1. The zero-order valence-corrected chi connectivity index (χ0v) is 82.6. The smallest absolute Gasteiger partial charge is 0.354 e. The number of benzene rings is 12. The predicted molar refractivity (Wildman–Crippen MR) is 507 cm³/mol. The zero-order chi connectivity index (χ0) is 90.6. The van der Waals surface area contributed by atoms with Crippen LogP contribution in [0.1, 0.15) is 50.0 Å². The molecule has 12 aromatic carbocycles. The molecule has 6 N–H and O–H groups in total. The molecule has 0 spiro atoms. The van der Waals surface area contributed by atoms with E-state index in [2.05, 4.69) is 92.6 Å². The average Bonchev–Trinajstić information content (AvgIpc) is 1.02. The van der Waals surface area contributed by atoms with Crippen LogP contribution < -0.4 is 0 Å². The summed E-state index contributed by atoms with van der Waals surface area (Å²) in [7, 11) is 2.71. The van der Waals surface area contributed by atoms with Crippen molar-refractivity contribution < 1.29 is 130 Å². The van der Waals surface area contributed by atoms with Gasteiger partial charge >= 0.3 is 5.97 Å². The maximum absolute atomic E-state index is 10.1. The van der Waals surface area contributed by atoms with E-state index in [4.69, 9.17) is 70.5 Å². The fourth-order valence-corrected chi connectivity index (χ4v) is 12.9. The van der Waals surface area contributed by atoms with Gasteiger partial charge in [0, 0.05) is 177 Å². The van der Waals surface area contributed by atoms with Gasteiger partial charge in [0.05, 0.1) is 57.8 Å². The Bertz CT molecular complexity index is 5470. The molecule has 5 atom stereocenters. The summed E-state index contributed by atoms with van der Waals surface area (Å²) in [6, 6.07) is 130. The van der Waals surface area contributed by atoms with E-state index in [1.54, 1.807) is 26.0 Å². The molecule has 1 aliphatic rings. The third-order valence-corrected chi connectivity index (χ3v) is 19.2. The molecular weight excluding hydrogens is 2380 g/mol. The summed E-state index contributed by atoms with van der Waals surface area (Å²) in [6.07, 6.45) is 8.36. The van der Waals surface area contributed by atoms with Crippen LogP contribution in [0.2, 0.25) is 0 Å². The number of nitrogens with zero attached hydrogens (tertiary/aromatic N) is 10. The second kappa shape index (κ2) is 59.0. The van der Waals surface area contributed by atoms with E-state index in [1.807, 2.05) is 316 Å². The molecule has 0 aliphatic carbocycles. The Morgan fingerprint density at radius 1 is 0.331 bits per heavy atom. The standard InChI is InChI=1S/4C22H15N2.C6H5NO2.C5H8NO2.C5H12O4.C5H12O2.4Ir/c4*1-4-10-17(11-5-1)20-16-23-21(18-12-6-2-7-13-18)22(24-20)19-14-8-3-9-15-19;8-6(9)5-3-1-2-4-7-5;7-5(8)4-2-1-3-6-4;1-8-4(6)3-5(7)9-2;1-4(6)3-5(2)7;;;;/h4*1-12,14-16H;1-4H,(H,8,9);4H,1-3H2,(H,7,8);4-7H,3H2,1-2H3;4-7H,3H2,1-2H3;;;;/q4*-1;;-1;;;;;;. The molecule has 684 valence electrons. The van der Waals surface area contributed by atoms with Gasteiger partial charge in [-0.25, -0.2) is 9.78 Å². The number of aromatic carboxylic acids is 1. The summed E-state index contributed by atoms with van der Waals surface area (Å²) < 4.78 is 8.88. The van der Waals surface area contributed by atoms with Crippen molar-refractivity contribution in [2.45, 2.75) is 70.4 Å². The number of carbonyl (C=O) groups is 2. The molecule has 0 bridgehead atoms. The average molecular weight is 2480 g/mol. The number of carboxylic acid groups (broad SMARTS) is 2. The number of hydrogen-bond donors (Lipinski definition) is 6. The minimum atomic E-state index is -0.990. The fraction of sp³-hybridized carbons (Fsp3) is 0.128. The maximum Gasteiger partial charge on any atom is 0.354 e. The van der Waals surface area contributed by atoms with Crippen LogP contribution >= 0.6 is 0 Å². The fourth-order valence-electron chi connectivity index (χ4n) is 12.9. The first kappa shape index (κ1) is 107. The molecule has 18 rings (SSSR count). The van der Waals surface area contributed by atoms with Crippen LogP contribution in [0.25, 0.3) is 140 Å². The van der Waals surface area contributed by atoms with Gasteiger partial charge in [-0.1, -0.05) is 262 Å². The number of aliphatic carboxylic acids is 1. The van der Waals surface area contributed by atoms with Gasteiger partial charge in [-0.2, -0.15) is 0 Å². The topological polar surface area (TPSA) is 304 Å². The molecule has 4 radical (unpaired) electrons. The number of hydrogen-bond acceptors (Lipinski definition) is 17. The van der Waals surface area contributed by atoms with E-state index in [9.17, 15) is 9.59 Å². The van der Waals surface area contributed by atoms with Crippen molar-refractivity contribution in [2.24, 2.45) is 0 Å². The number of aromatic nitrogens is 9. The van der Waals surface area contributed by atoms with Gasteiger partial charge in [0.15, 0.2) is 12.6 Å². The van der Waals surface area contributed by atoms with Gasteiger partial charge < -0.3 is 65.4 Å². The Morgan fingerprint density at radius 3 is 0.752 bits per heavy atom. The second-order valence-electron chi connectivity index (χ2n) is 28.8. The minimum Gasteiger partial charge on any atom is -0.650 e. The summed E-state index contributed by atoms with van der Waals surface area (Å²) in [6.45, 7) is 4.05. The molecule has 1 fully saturated rings. The zero-order valence-electron chi connectivity index (χ0n) is 73.0. The first-order valence-electron chi connectivity index (χ1n) is 41.7. The predicted octanol–water partition coefficient (Wildman–Crippen LogP) is 21.9. The van der Waals surface area contributed by atoms with E-state index in [0.717, 1.165) is 154 Å². The van der Waals surface area contributed by atoms with Crippen molar-refractivity contribution in [3.05, 3.63) is 424 Å². The largest absolute Gasteiger partial charge is 0.650 e. The molecule has 1 aliphatic heterocycles. The van der Waals surface area contributed by atoms with E-state index in [0.29, 0.717) is 6.42 Å². The van der Waals surface area contributed by atoms with Gasteiger partial charge in [0.25, 0.3) is 5.97 Å². The number of aliphatic hydroxyl groups is 4. The van der Waals surface area contributed by atoms with Crippen molar-refractivity contribution >= 4 is 11.9 Å². The van der Waals surface area contributed by atoms with E-state index in [-0.39, 0.29) is 105 Å². The van der Waals surface area contributed by atoms with Gasteiger partial charge in [-0.15, -0.1) is 150 Å². The number of aliphatic hydroxyl groups excluding tert-OH is 4. The van der Waals surface area contributed by atoms with Crippen molar-refractivity contribution in [1.82, 2.24) is 44.9 Å². The Kier molecular flexibility index (Phi) is 47.6. The van der Waals surface area contributed by atoms with E-state index < -0.39 is 30.6 Å². The summed E-state index contributed by atoms with van der Waals surface area (Å²) >= 11 is 0. The molecule has 1 saturated heterocycles. The Hall–Kier alpha value is -12.6. The number of rotatable bonds is 20. The second-order valence-corrected chi connectivity index (χ2v) is 28.8. The molecule has 24 heteroatoms. The number of ether oxygens (including phenoxy) is 2. The molecule has 6 heterocycles. The summed E-state index contributed by atoms with van der Waals surface area (Å²) in [4.78, 5) is 62.3.